The normalized spacial score (nSPS) is 40.2. The van der Waals surface area contributed by atoms with E-state index >= 15 is 0 Å². The molecule has 0 aliphatic heterocycles. The van der Waals surface area contributed by atoms with E-state index in [9.17, 15) is 4.79 Å². The first-order valence-corrected chi connectivity index (χ1v) is 14.1. The van der Waals surface area contributed by atoms with E-state index in [1.807, 2.05) is 0 Å². The lowest BCUT2D eigenvalue weighted by Gasteiger charge is -2.51. The summed E-state index contributed by atoms with van der Waals surface area (Å²) in [7, 11) is 0. The number of hydrogen-bond acceptors (Lipinski definition) is 2. The second kappa shape index (κ2) is 10.3. The Hall–Kier alpha value is -0.0500. The molecule has 0 radical (unpaired) electrons. The first-order valence-electron chi connectivity index (χ1n) is 12.9. The van der Waals surface area contributed by atoms with Crippen LogP contribution in [0.5, 0.6) is 0 Å². The standard InChI is InChI=1S/C27H47BrO2/c1-19(2)7-6-8-20(3)24-10-9-22-17-21(11-16-27(22,24)5)26(4)14-12-23(13-15-26)30-25(29)18-28/h19-24H,6-18H2,1-5H3/t20-,21+,22+,23?,24?,26?,27+/m1/s1. The molecule has 3 rings (SSSR count). The molecule has 3 aliphatic carbocycles. The Labute approximate surface area is 194 Å². The second-order valence-corrected chi connectivity index (χ2v) is 12.7. The van der Waals surface area contributed by atoms with E-state index in [-0.39, 0.29) is 12.1 Å². The van der Waals surface area contributed by atoms with Crippen LogP contribution in [0.15, 0.2) is 0 Å². The van der Waals surface area contributed by atoms with Crippen LogP contribution in [0.1, 0.15) is 112 Å². The molecule has 3 fully saturated rings. The van der Waals surface area contributed by atoms with Gasteiger partial charge < -0.3 is 4.74 Å². The van der Waals surface area contributed by atoms with Gasteiger partial charge in [-0.2, -0.15) is 0 Å². The molecule has 1 unspecified atom stereocenters. The molecule has 0 bridgehead atoms. The maximum absolute atomic E-state index is 11.6. The molecule has 0 saturated heterocycles. The summed E-state index contributed by atoms with van der Waals surface area (Å²) in [5, 5.41) is 0.320. The maximum atomic E-state index is 11.6. The SMILES string of the molecule is CC(C)CCC[C@@H](C)C1CC[C@H]2C[C@@H](C3(C)CCC(OC(=O)CBr)CC3)CC[C@]12C. The second-order valence-electron chi connectivity index (χ2n) is 12.1. The molecule has 0 aromatic rings. The molecule has 2 nitrogen and oxygen atoms in total. The van der Waals surface area contributed by atoms with Gasteiger partial charge in [0.25, 0.3) is 0 Å². The van der Waals surface area contributed by atoms with Crippen LogP contribution in [-0.4, -0.2) is 17.4 Å². The first kappa shape index (κ1) is 24.6. The van der Waals surface area contributed by atoms with Gasteiger partial charge in [-0.05, 0) is 98.2 Å². The third kappa shape index (κ3) is 5.46. The Bertz CT molecular complexity index is 565. The smallest absolute Gasteiger partial charge is 0.316 e. The average molecular weight is 484 g/mol. The minimum Gasteiger partial charge on any atom is -0.462 e. The first-order chi connectivity index (χ1) is 14.2. The van der Waals surface area contributed by atoms with Crippen LogP contribution in [0.3, 0.4) is 0 Å². The number of rotatable bonds is 8. The molecule has 3 heteroatoms. The summed E-state index contributed by atoms with van der Waals surface area (Å²) in [5.74, 6) is 4.40. The van der Waals surface area contributed by atoms with Crippen molar-refractivity contribution in [2.24, 2.45) is 40.4 Å². The summed E-state index contributed by atoms with van der Waals surface area (Å²) < 4.78 is 5.61. The van der Waals surface area contributed by atoms with E-state index in [4.69, 9.17) is 4.74 Å². The predicted octanol–water partition coefficient (Wildman–Crippen LogP) is 8.17. The molecule has 0 N–H and O–H groups in total. The zero-order chi connectivity index (χ0) is 21.9. The van der Waals surface area contributed by atoms with Crippen LogP contribution < -0.4 is 0 Å². The fourth-order valence-electron chi connectivity index (χ4n) is 7.68. The summed E-state index contributed by atoms with van der Waals surface area (Å²) >= 11 is 3.22. The number of halogens is 1. The van der Waals surface area contributed by atoms with Gasteiger partial charge in [-0.15, -0.1) is 0 Å². The van der Waals surface area contributed by atoms with Crippen molar-refractivity contribution < 1.29 is 9.53 Å². The zero-order valence-corrected chi connectivity index (χ0v) is 21.9. The number of fused-ring (bicyclic) bond motifs is 1. The molecule has 0 aromatic carbocycles. The van der Waals surface area contributed by atoms with Crippen molar-refractivity contribution >= 4 is 21.9 Å². The van der Waals surface area contributed by atoms with Gasteiger partial charge in [-0.3, -0.25) is 4.79 Å². The van der Waals surface area contributed by atoms with Crippen LogP contribution in [-0.2, 0) is 9.53 Å². The van der Waals surface area contributed by atoms with Gasteiger partial charge in [-0.1, -0.05) is 69.8 Å². The molecule has 3 aliphatic rings. The van der Waals surface area contributed by atoms with Crippen LogP contribution in [0.25, 0.3) is 0 Å². The highest BCUT2D eigenvalue weighted by Gasteiger charge is 2.53. The number of hydrogen-bond donors (Lipinski definition) is 0. The van der Waals surface area contributed by atoms with E-state index in [1.54, 1.807) is 0 Å². The molecule has 174 valence electrons. The molecule has 0 amide bonds. The number of esters is 1. The van der Waals surface area contributed by atoms with E-state index in [1.165, 1.54) is 64.2 Å². The number of carbonyl (C=O) groups is 1. The lowest BCUT2D eigenvalue weighted by atomic mass is 9.54. The third-order valence-corrected chi connectivity index (χ3v) is 10.3. The summed E-state index contributed by atoms with van der Waals surface area (Å²) in [5.41, 5.74) is 1.05. The van der Waals surface area contributed by atoms with Crippen LogP contribution in [0.2, 0.25) is 0 Å². The van der Waals surface area contributed by atoms with E-state index in [2.05, 4.69) is 50.5 Å². The zero-order valence-electron chi connectivity index (χ0n) is 20.4. The average Bonchev–Trinajstić information content (AvgIpc) is 3.05. The summed E-state index contributed by atoms with van der Waals surface area (Å²) in [6.07, 6.45) is 16.2. The number of ether oxygens (including phenoxy) is 1. The van der Waals surface area contributed by atoms with E-state index in [0.29, 0.717) is 16.2 Å². The van der Waals surface area contributed by atoms with Crippen LogP contribution >= 0.6 is 15.9 Å². The van der Waals surface area contributed by atoms with Crippen molar-refractivity contribution in [1.82, 2.24) is 0 Å². The Morgan fingerprint density at radius 1 is 0.967 bits per heavy atom. The maximum Gasteiger partial charge on any atom is 0.316 e. The van der Waals surface area contributed by atoms with Gasteiger partial charge in [0, 0.05) is 0 Å². The lowest BCUT2D eigenvalue weighted by Crippen LogP contribution is -2.43. The fourth-order valence-corrected chi connectivity index (χ4v) is 7.81. The molecule has 0 heterocycles. The largest absolute Gasteiger partial charge is 0.462 e. The molecule has 0 spiro atoms. The van der Waals surface area contributed by atoms with Crippen molar-refractivity contribution in [3.05, 3.63) is 0 Å². The van der Waals surface area contributed by atoms with Crippen LogP contribution in [0, 0.1) is 40.4 Å². The highest BCUT2D eigenvalue weighted by atomic mass is 79.9. The quantitative estimate of drug-likeness (QED) is 0.257. The molecule has 5 atom stereocenters. The molecule has 3 saturated carbocycles. The van der Waals surface area contributed by atoms with Gasteiger partial charge in [0.15, 0.2) is 0 Å². The molecule has 30 heavy (non-hydrogen) atoms. The topological polar surface area (TPSA) is 26.3 Å². The predicted molar refractivity (Wildman–Crippen MR) is 130 cm³/mol. The summed E-state index contributed by atoms with van der Waals surface area (Å²) in [6.45, 7) is 12.5. The van der Waals surface area contributed by atoms with Gasteiger partial charge in [-0.25, -0.2) is 0 Å². The van der Waals surface area contributed by atoms with Crippen molar-refractivity contribution in [2.75, 3.05) is 5.33 Å². The lowest BCUT2D eigenvalue weighted by molar-refractivity contribution is -0.149. The number of carbonyl (C=O) groups excluding carboxylic acids is 1. The van der Waals surface area contributed by atoms with Gasteiger partial charge in [0.1, 0.15) is 11.4 Å². The third-order valence-electron chi connectivity index (χ3n) is 9.80. The van der Waals surface area contributed by atoms with Gasteiger partial charge in [0.2, 0.25) is 0 Å². The Morgan fingerprint density at radius 2 is 1.67 bits per heavy atom. The summed E-state index contributed by atoms with van der Waals surface area (Å²) in [6, 6.07) is 0. The Kier molecular flexibility index (Phi) is 8.41. The van der Waals surface area contributed by atoms with Crippen LogP contribution in [0.4, 0.5) is 0 Å². The molecular weight excluding hydrogens is 436 g/mol. The van der Waals surface area contributed by atoms with E-state index < -0.39 is 0 Å². The molecule has 0 aromatic heterocycles. The Morgan fingerprint density at radius 3 is 2.30 bits per heavy atom. The van der Waals surface area contributed by atoms with Gasteiger partial charge in [0.05, 0.1) is 0 Å². The van der Waals surface area contributed by atoms with Crippen molar-refractivity contribution in [3.8, 4) is 0 Å². The monoisotopic (exact) mass is 482 g/mol. The van der Waals surface area contributed by atoms with E-state index in [0.717, 1.165) is 42.4 Å². The summed E-state index contributed by atoms with van der Waals surface area (Å²) in [4.78, 5) is 11.6. The van der Waals surface area contributed by atoms with Crippen molar-refractivity contribution in [3.63, 3.8) is 0 Å². The minimum atomic E-state index is -0.100. The minimum absolute atomic E-state index is 0.100. The van der Waals surface area contributed by atoms with Crippen molar-refractivity contribution in [1.29, 1.82) is 0 Å². The highest BCUT2D eigenvalue weighted by molar-refractivity contribution is 9.09. The fraction of sp³-hybridized carbons (Fsp3) is 0.963. The van der Waals surface area contributed by atoms with Crippen molar-refractivity contribution in [2.45, 2.75) is 118 Å². The Balaban J connectivity index is 1.53. The highest BCUT2D eigenvalue weighted by Crippen LogP contribution is 2.62. The number of alkyl halides is 1. The molecular formula is C27H47BrO2. The van der Waals surface area contributed by atoms with Gasteiger partial charge >= 0.3 is 5.97 Å².